The van der Waals surface area contributed by atoms with Crippen LogP contribution in [0.5, 0.6) is 5.75 Å². The van der Waals surface area contributed by atoms with Gasteiger partial charge in [-0.25, -0.2) is 0 Å². The van der Waals surface area contributed by atoms with E-state index >= 15 is 0 Å². The summed E-state index contributed by atoms with van der Waals surface area (Å²) < 4.78 is 0. The Bertz CT molecular complexity index is 1350. The molecule has 142 valence electrons. The summed E-state index contributed by atoms with van der Waals surface area (Å²) >= 11 is 0. The van der Waals surface area contributed by atoms with E-state index < -0.39 is 38.5 Å². The summed E-state index contributed by atoms with van der Waals surface area (Å²) in [4.78, 5) is 45.6. The highest BCUT2D eigenvalue weighted by atomic mass is 16.6. The fourth-order valence-corrected chi connectivity index (χ4v) is 3.54. The van der Waals surface area contributed by atoms with E-state index in [1.54, 1.807) is 30.3 Å². The third-order valence-electron chi connectivity index (χ3n) is 4.71. The Morgan fingerprint density at radius 3 is 2.21 bits per heavy atom. The van der Waals surface area contributed by atoms with Gasteiger partial charge in [0.05, 0.1) is 15.4 Å². The maximum absolute atomic E-state index is 12.4. The summed E-state index contributed by atoms with van der Waals surface area (Å²) in [7, 11) is 0. The number of rotatable bonds is 3. The summed E-state index contributed by atoms with van der Waals surface area (Å²) in [6.07, 6.45) is 2.86. The number of hydrogen-bond acceptors (Lipinski definition) is 7. The quantitative estimate of drug-likeness (QED) is 0.312. The molecular formula is C20H10N2O7. The summed E-state index contributed by atoms with van der Waals surface area (Å²) in [6, 6.07) is 9.72. The number of fused-ring (bicyclic) bond motifs is 3. The minimum Gasteiger partial charge on any atom is -0.501 e. The Morgan fingerprint density at radius 2 is 1.52 bits per heavy atom. The number of carbonyl (C=O) groups excluding carboxylic acids is 2. The van der Waals surface area contributed by atoms with E-state index in [4.69, 9.17) is 0 Å². The Morgan fingerprint density at radius 1 is 0.828 bits per heavy atom. The Hall–Kier alpha value is -4.40. The third-order valence-corrected chi connectivity index (χ3v) is 4.71. The number of phenols is 1. The lowest BCUT2D eigenvalue weighted by Crippen LogP contribution is -2.10. The van der Waals surface area contributed by atoms with E-state index in [0.717, 1.165) is 18.2 Å². The number of carbonyl (C=O) groups is 2. The molecule has 0 fully saturated rings. The summed E-state index contributed by atoms with van der Waals surface area (Å²) in [5.41, 5.74) is -2.89. The van der Waals surface area contributed by atoms with Gasteiger partial charge >= 0.3 is 11.4 Å². The molecule has 0 aliphatic heterocycles. The minimum absolute atomic E-state index is 0.00824. The largest absolute Gasteiger partial charge is 0.501 e. The van der Waals surface area contributed by atoms with Crippen molar-refractivity contribution in [1.29, 1.82) is 0 Å². The van der Waals surface area contributed by atoms with Gasteiger partial charge in [-0.1, -0.05) is 36.4 Å². The van der Waals surface area contributed by atoms with Crippen molar-refractivity contribution in [3.8, 4) is 5.75 Å². The van der Waals surface area contributed by atoms with Crippen LogP contribution in [0.25, 0.3) is 27.1 Å². The monoisotopic (exact) mass is 390 g/mol. The molecule has 9 heteroatoms. The van der Waals surface area contributed by atoms with Crippen LogP contribution in [-0.4, -0.2) is 26.5 Å². The van der Waals surface area contributed by atoms with Gasteiger partial charge in [-0.3, -0.25) is 29.8 Å². The molecule has 0 aromatic heterocycles. The molecule has 0 radical (unpaired) electrons. The summed E-state index contributed by atoms with van der Waals surface area (Å²) in [5.74, 6) is -2.16. The van der Waals surface area contributed by atoms with Crippen molar-refractivity contribution in [2.24, 2.45) is 0 Å². The van der Waals surface area contributed by atoms with Crippen LogP contribution < -0.4 is 0 Å². The van der Waals surface area contributed by atoms with Crippen molar-refractivity contribution >= 4 is 50.1 Å². The fourth-order valence-electron chi connectivity index (χ4n) is 3.54. The van der Waals surface area contributed by atoms with E-state index in [-0.39, 0.29) is 21.9 Å². The predicted molar refractivity (Wildman–Crippen MR) is 104 cm³/mol. The minimum atomic E-state index is -1.13. The van der Waals surface area contributed by atoms with Crippen molar-refractivity contribution in [3.05, 3.63) is 80.4 Å². The van der Waals surface area contributed by atoms with Crippen LogP contribution in [0.4, 0.5) is 11.4 Å². The van der Waals surface area contributed by atoms with E-state index in [9.17, 15) is 34.9 Å². The first-order valence-electron chi connectivity index (χ1n) is 8.29. The average Bonchev–Trinajstić information content (AvgIpc) is 2.68. The number of aromatic hydroxyl groups is 1. The summed E-state index contributed by atoms with van der Waals surface area (Å²) in [6.45, 7) is 0. The van der Waals surface area contributed by atoms with Gasteiger partial charge in [-0.2, -0.15) is 0 Å². The van der Waals surface area contributed by atoms with Crippen molar-refractivity contribution in [2.75, 3.05) is 0 Å². The van der Waals surface area contributed by atoms with Gasteiger partial charge in [0.15, 0.2) is 11.6 Å². The molecule has 0 bridgehead atoms. The molecule has 3 aromatic rings. The van der Waals surface area contributed by atoms with Gasteiger partial charge in [0.1, 0.15) is 0 Å². The lowest BCUT2D eigenvalue weighted by Gasteiger charge is -2.14. The van der Waals surface area contributed by atoms with Gasteiger partial charge in [0.2, 0.25) is 5.75 Å². The number of phenolic OH excluding ortho intramolecular Hbond substituents is 1. The third kappa shape index (κ3) is 2.64. The topological polar surface area (TPSA) is 141 Å². The van der Waals surface area contributed by atoms with E-state index in [0.29, 0.717) is 10.8 Å². The number of ketones is 2. The maximum Gasteiger partial charge on any atom is 0.388 e. The van der Waals surface area contributed by atoms with Gasteiger partial charge in [0, 0.05) is 16.3 Å². The van der Waals surface area contributed by atoms with Gasteiger partial charge in [-0.15, -0.1) is 0 Å². The SMILES string of the molecule is O=C1C=CC(=O)C(c2c([N+](=O)[O-])c([N+](=O)[O-])c(O)c3c2ccc2ccccc23)=C1. The van der Waals surface area contributed by atoms with Gasteiger partial charge in [-0.05, 0) is 29.0 Å². The molecule has 3 aromatic carbocycles. The second kappa shape index (κ2) is 6.34. The average molecular weight is 390 g/mol. The van der Waals surface area contributed by atoms with Crippen molar-refractivity contribution in [1.82, 2.24) is 0 Å². The van der Waals surface area contributed by atoms with E-state index in [1.165, 1.54) is 6.07 Å². The Balaban J connectivity index is 2.32. The second-order valence-electron chi connectivity index (χ2n) is 6.30. The van der Waals surface area contributed by atoms with Crippen LogP contribution in [0.15, 0.2) is 54.6 Å². The molecule has 1 N–H and O–H groups in total. The molecule has 1 aliphatic rings. The first kappa shape index (κ1) is 18.0. The fraction of sp³-hybridized carbons (Fsp3) is 0. The first-order chi connectivity index (χ1) is 13.8. The summed E-state index contributed by atoms with van der Waals surface area (Å²) in [5, 5.41) is 35.2. The number of nitro benzene ring substituents is 2. The molecule has 0 spiro atoms. The lowest BCUT2D eigenvalue weighted by molar-refractivity contribution is -0.423. The van der Waals surface area contributed by atoms with E-state index in [2.05, 4.69) is 0 Å². The Labute approximate surface area is 161 Å². The van der Waals surface area contributed by atoms with Crippen LogP contribution in [0.2, 0.25) is 0 Å². The molecule has 0 atom stereocenters. The number of nitro groups is 2. The zero-order valence-corrected chi connectivity index (χ0v) is 14.5. The number of benzene rings is 3. The van der Waals surface area contributed by atoms with Crippen molar-refractivity contribution < 1.29 is 24.5 Å². The second-order valence-corrected chi connectivity index (χ2v) is 6.30. The first-order valence-corrected chi connectivity index (χ1v) is 8.29. The zero-order valence-electron chi connectivity index (χ0n) is 14.5. The molecule has 9 nitrogen and oxygen atoms in total. The van der Waals surface area contributed by atoms with Gasteiger partial charge < -0.3 is 5.11 Å². The van der Waals surface area contributed by atoms with Crippen LogP contribution >= 0.6 is 0 Å². The molecule has 29 heavy (non-hydrogen) atoms. The molecule has 0 unspecified atom stereocenters. The molecular weight excluding hydrogens is 380 g/mol. The molecule has 0 amide bonds. The zero-order chi connectivity index (χ0) is 20.9. The van der Waals surface area contributed by atoms with Gasteiger partial charge in [0.25, 0.3) is 0 Å². The highest BCUT2D eigenvalue weighted by Gasteiger charge is 2.39. The molecule has 0 heterocycles. The van der Waals surface area contributed by atoms with Crippen LogP contribution in [0, 0.1) is 20.2 Å². The highest BCUT2D eigenvalue weighted by Crippen LogP contribution is 2.50. The number of allylic oxidation sites excluding steroid dienone is 4. The van der Waals surface area contributed by atoms with Crippen LogP contribution in [-0.2, 0) is 9.59 Å². The van der Waals surface area contributed by atoms with Crippen molar-refractivity contribution in [2.45, 2.75) is 0 Å². The van der Waals surface area contributed by atoms with Crippen LogP contribution in [0.1, 0.15) is 5.56 Å². The van der Waals surface area contributed by atoms with Crippen LogP contribution in [0.3, 0.4) is 0 Å². The lowest BCUT2D eigenvalue weighted by atomic mass is 9.88. The van der Waals surface area contributed by atoms with E-state index in [1.807, 2.05) is 0 Å². The number of hydrogen-bond donors (Lipinski definition) is 1. The number of nitrogens with zero attached hydrogens (tertiary/aromatic N) is 2. The molecule has 0 saturated carbocycles. The molecule has 1 aliphatic carbocycles. The van der Waals surface area contributed by atoms with Crippen molar-refractivity contribution in [3.63, 3.8) is 0 Å². The standard InChI is InChI=1S/C20H10N2O7/c23-11-6-8-15(24)14(9-11)16-13-7-5-10-3-1-2-4-12(10)17(13)20(25)19(22(28)29)18(16)21(26)27/h1-9,25H. The molecule has 4 rings (SSSR count). The highest BCUT2D eigenvalue weighted by molar-refractivity contribution is 6.37. The predicted octanol–water partition coefficient (Wildman–Crippen LogP) is 3.61. The normalized spacial score (nSPS) is 13.7. The smallest absolute Gasteiger partial charge is 0.388 e. The molecule has 0 saturated heterocycles. The Kier molecular flexibility index (Phi) is 3.93. The maximum atomic E-state index is 12.4.